The van der Waals surface area contributed by atoms with E-state index < -0.39 is 0 Å². The topological polar surface area (TPSA) is 31.2 Å². The molecule has 92 valence electrons. The molecule has 0 spiro atoms. The van der Waals surface area contributed by atoms with Gasteiger partial charge < -0.3 is 9.30 Å². The van der Waals surface area contributed by atoms with Gasteiger partial charge in [-0.1, -0.05) is 6.08 Å². The zero-order chi connectivity index (χ0) is 12.3. The summed E-state index contributed by atoms with van der Waals surface area (Å²) < 4.78 is 7.16. The molecule has 0 aliphatic heterocycles. The molecule has 0 N–H and O–H groups in total. The summed E-state index contributed by atoms with van der Waals surface area (Å²) in [5.74, 6) is 0. The Hall–Kier alpha value is -1.35. The van der Waals surface area contributed by atoms with E-state index in [0.717, 1.165) is 18.4 Å². The second-order valence-corrected chi connectivity index (χ2v) is 4.52. The third kappa shape index (κ3) is 2.50. The van der Waals surface area contributed by atoms with Gasteiger partial charge in [-0.2, -0.15) is 0 Å². The summed E-state index contributed by atoms with van der Waals surface area (Å²) in [6.07, 6.45) is 6.21. The number of rotatable bonds is 4. The van der Waals surface area contributed by atoms with Gasteiger partial charge in [-0.3, -0.25) is 4.79 Å². The third-order valence-corrected chi connectivity index (χ3v) is 3.31. The Labute approximate surface area is 102 Å². The number of aromatic nitrogens is 1. The lowest BCUT2D eigenvalue weighted by molar-refractivity contribution is 0.147. The highest BCUT2D eigenvalue weighted by Crippen LogP contribution is 2.20. The fourth-order valence-electron chi connectivity index (χ4n) is 2.42. The van der Waals surface area contributed by atoms with Gasteiger partial charge in [-0.05, 0) is 37.3 Å². The van der Waals surface area contributed by atoms with E-state index >= 15 is 0 Å². The van der Waals surface area contributed by atoms with E-state index in [1.165, 1.54) is 24.1 Å². The predicted octanol–water partition coefficient (Wildman–Crippen LogP) is 1.97. The maximum Gasteiger partial charge on any atom is 0.256 e. The van der Waals surface area contributed by atoms with Crippen LogP contribution in [-0.2, 0) is 31.2 Å². The van der Waals surface area contributed by atoms with Crippen molar-refractivity contribution in [1.29, 1.82) is 0 Å². The first-order chi connectivity index (χ1) is 8.24. The standard InChI is InChI=1S/C14H19NO2/c1-3-8-17-10-12-9-11-6-4-5-7-13(11)15(2)14(12)16/h3,9H,1,4-8,10H2,2H3. The molecule has 1 aromatic heterocycles. The summed E-state index contributed by atoms with van der Waals surface area (Å²) in [5.41, 5.74) is 3.36. The van der Waals surface area contributed by atoms with E-state index in [1.54, 1.807) is 10.6 Å². The summed E-state index contributed by atoms with van der Waals surface area (Å²) >= 11 is 0. The number of nitrogens with zero attached hydrogens (tertiary/aromatic N) is 1. The third-order valence-electron chi connectivity index (χ3n) is 3.31. The van der Waals surface area contributed by atoms with Crippen LogP contribution in [0, 0.1) is 0 Å². The molecule has 1 aliphatic carbocycles. The molecule has 3 heteroatoms. The lowest BCUT2D eigenvalue weighted by atomic mass is 9.94. The van der Waals surface area contributed by atoms with Gasteiger partial charge in [-0.25, -0.2) is 0 Å². The first-order valence-electron chi connectivity index (χ1n) is 6.13. The van der Waals surface area contributed by atoms with Crippen molar-refractivity contribution in [2.45, 2.75) is 32.3 Å². The van der Waals surface area contributed by atoms with Crippen LogP contribution >= 0.6 is 0 Å². The number of hydrogen-bond acceptors (Lipinski definition) is 2. The summed E-state index contributed by atoms with van der Waals surface area (Å²) in [4.78, 5) is 12.1. The summed E-state index contributed by atoms with van der Waals surface area (Å²) in [7, 11) is 1.86. The van der Waals surface area contributed by atoms with Crippen molar-refractivity contribution in [2.75, 3.05) is 6.61 Å². The van der Waals surface area contributed by atoms with Crippen molar-refractivity contribution in [3.8, 4) is 0 Å². The van der Waals surface area contributed by atoms with E-state index in [4.69, 9.17) is 4.74 Å². The van der Waals surface area contributed by atoms with Gasteiger partial charge in [0, 0.05) is 18.3 Å². The Morgan fingerprint density at radius 2 is 2.24 bits per heavy atom. The molecule has 1 aromatic rings. The van der Waals surface area contributed by atoms with Crippen LogP contribution in [0.4, 0.5) is 0 Å². The van der Waals surface area contributed by atoms with E-state index in [-0.39, 0.29) is 5.56 Å². The zero-order valence-corrected chi connectivity index (χ0v) is 10.4. The lowest BCUT2D eigenvalue weighted by Gasteiger charge is -2.20. The summed E-state index contributed by atoms with van der Waals surface area (Å²) in [5, 5.41) is 0. The van der Waals surface area contributed by atoms with Gasteiger partial charge in [0.25, 0.3) is 5.56 Å². The van der Waals surface area contributed by atoms with E-state index in [9.17, 15) is 4.79 Å². The zero-order valence-electron chi connectivity index (χ0n) is 10.4. The number of hydrogen-bond donors (Lipinski definition) is 0. The number of pyridine rings is 1. The molecule has 0 amide bonds. The van der Waals surface area contributed by atoms with Crippen molar-refractivity contribution in [3.05, 3.63) is 45.9 Å². The maximum absolute atomic E-state index is 12.1. The molecule has 2 rings (SSSR count). The molecule has 0 aromatic carbocycles. The maximum atomic E-state index is 12.1. The molecule has 0 radical (unpaired) electrons. The second kappa shape index (κ2) is 5.32. The van der Waals surface area contributed by atoms with Crippen LogP contribution in [0.25, 0.3) is 0 Å². The van der Waals surface area contributed by atoms with Crippen LogP contribution in [0.3, 0.4) is 0 Å². The lowest BCUT2D eigenvalue weighted by Crippen LogP contribution is -2.27. The first kappa shape index (κ1) is 12.1. The van der Waals surface area contributed by atoms with Gasteiger partial charge in [0.2, 0.25) is 0 Å². The van der Waals surface area contributed by atoms with Crippen molar-refractivity contribution in [1.82, 2.24) is 4.57 Å². The average molecular weight is 233 g/mol. The van der Waals surface area contributed by atoms with Gasteiger partial charge in [0.15, 0.2) is 0 Å². The molecule has 17 heavy (non-hydrogen) atoms. The minimum Gasteiger partial charge on any atom is -0.373 e. The van der Waals surface area contributed by atoms with Gasteiger partial charge in [-0.15, -0.1) is 6.58 Å². The summed E-state index contributed by atoms with van der Waals surface area (Å²) in [6.45, 7) is 4.46. The fourth-order valence-corrected chi connectivity index (χ4v) is 2.42. The largest absolute Gasteiger partial charge is 0.373 e. The molecule has 0 saturated carbocycles. The van der Waals surface area contributed by atoms with Gasteiger partial charge >= 0.3 is 0 Å². The molecule has 0 unspecified atom stereocenters. The number of fused-ring (bicyclic) bond motifs is 1. The first-order valence-corrected chi connectivity index (χ1v) is 6.13. The van der Waals surface area contributed by atoms with E-state index in [1.807, 2.05) is 13.1 Å². The quantitative estimate of drug-likeness (QED) is 0.588. The Balaban J connectivity index is 2.30. The molecule has 0 saturated heterocycles. The minimum atomic E-state index is 0.0784. The van der Waals surface area contributed by atoms with Crippen molar-refractivity contribution < 1.29 is 4.74 Å². The van der Waals surface area contributed by atoms with Crippen LogP contribution in [0.5, 0.6) is 0 Å². The predicted molar refractivity (Wildman–Crippen MR) is 68.2 cm³/mol. The summed E-state index contributed by atoms with van der Waals surface area (Å²) in [6, 6.07) is 2.03. The number of aryl methyl sites for hydroxylation is 1. The number of ether oxygens (including phenoxy) is 1. The van der Waals surface area contributed by atoms with Crippen molar-refractivity contribution in [2.24, 2.45) is 7.05 Å². The highest BCUT2D eigenvalue weighted by Gasteiger charge is 2.15. The Kier molecular flexibility index (Phi) is 3.79. The highest BCUT2D eigenvalue weighted by molar-refractivity contribution is 5.28. The van der Waals surface area contributed by atoms with Crippen LogP contribution in [0.15, 0.2) is 23.5 Å². The highest BCUT2D eigenvalue weighted by atomic mass is 16.5. The average Bonchev–Trinajstić information content (AvgIpc) is 2.35. The monoisotopic (exact) mass is 233 g/mol. The van der Waals surface area contributed by atoms with Crippen LogP contribution in [-0.4, -0.2) is 11.2 Å². The van der Waals surface area contributed by atoms with E-state index in [0.29, 0.717) is 13.2 Å². The van der Waals surface area contributed by atoms with Crippen molar-refractivity contribution in [3.63, 3.8) is 0 Å². The molecule has 1 heterocycles. The molecule has 1 aliphatic rings. The van der Waals surface area contributed by atoms with E-state index in [2.05, 4.69) is 6.58 Å². The molecular weight excluding hydrogens is 214 g/mol. The molecule has 3 nitrogen and oxygen atoms in total. The van der Waals surface area contributed by atoms with Crippen LogP contribution in [0.1, 0.15) is 29.7 Å². The van der Waals surface area contributed by atoms with Gasteiger partial charge in [0.1, 0.15) is 0 Å². The van der Waals surface area contributed by atoms with Crippen LogP contribution in [0.2, 0.25) is 0 Å². The Morgan fingerprint density at radius 1 is 1.47 bits per heavy atom. The SMILES string of the molecule is C=CCOCc1cc2c(n(C)c1=O)CCCC2. The van der Waals surface area contributed by atoms with Crippen LogP contribution < -0.4 is 5.56 Å². The molecular formula is C14H19NO2. The Morgan fingerprint density at radius 3 is 3.00 bits per heavy atom. The van der Waals surface area contributed by atoms with Gasteiger partial charge in [0.05, 0.1) is 13.2 Å². The molecule has 0 fully saturated rings. The van der Waals surface area contributed by atoms with Crippen molar-refractivity contribution >= 4 is 0 Å². The molecule has 0 bridgehead atoms. The minimum absolute atomic E-state index is 0.0784. The molecule has 0 atom stereocenters. The normalized spacial score (nSPS) is 14.4. The smallest absolute Gasteiger partial charge is 0.256 e. The Bertz CT molecular complexity index is 474. The fraction of sp³-hybridized carbons (Fsp3) is 0.500. The second-order valence-electron chi connectivity index (χ2n) is 4.52.